The van der Waals surface area contributed by atoms with Crippen molar-refractivity contribution in [3.05, 3.63) is 29.6 Å². The van der Waals surface area contributed by atoms with Crippen molar-refractivity contribution in [2.45, 2.75) is 13.5 Å². The summed E-state index contributed by atoms with van der Waals surface area (Å²) in [5.41, 5.74) is 1.73. The van der Waals surface area contributed by atoms with Gasteiger partial charge in [0.25, 0.3) is 0 Å². The SMILES string of the molecule is COC(=O)C(=O)NCc1ccc(C)nc1. The van der Waals surface area contributed by atoms with Gasteiger partial charge in [-0.05, 0) is 18.6 Å². The molecule has 0 radical (unpaired) electrons. The van der Waals surface area contributed by atoms with Gasteiger partial charge in [-0.15, -0.1) is 0 Å². The molecule has 1 amide bonds. The van der Waals surface area contributed by atoms with Gasteiger partial charge in [0.15, 0.2) is 0 Å². The van der Waals surface area contributed by atoms with E-state index in [1.54, 1.807) is 6.20 Å². The number of methoxy groups -OCH3 is 1. The maximum atomic E-state index is 11.0. The van der Waals surface area contributed by atoms with Gasteiger partial charge in [0, 0.05) is 18.4 Å². The number of amides is 1. The second-order valence-corrected chi connectivity index (χ2v) is 2.98. The summed E-state index contributed by atoms with van der Waals surface area (Å²) in [5, 5.41) is 2.42. The second kappa shape index (κ2) is 5.09. The zero-order valence-corrected chi connectivity index (χ0v) is 8.61. The highest BCUT2D eigenvalue weighted by atomic mass is 16.5. The molecule has 0 bridgehead atoms. The summed E-state index contributed by atoms with van der Waals surface area (Å²) in [6.45, 7) is 2.14. The van der Waals surface area contributed by atoms with Crippen LogP contribution < -0.4 is 5.32 Å². The van der Waals surface area contributed by atoms with Crippen LogP contribution in [0.25, 0.3) is 0 Å². The lowest BCUT2D eigenvalue weighted by Crippen LogP contribution is -2.31. The minimum Gasteiger partial charge on any atom is -0.462 e. The Morgan fingerprint density at radius 2 is 2.20 bits per heavy atom. The van der Waals surface area contributed by atoms with Gasteiger partial charge in [-0.1, -0.05) is 6.07 Å². The number of rotatable bonds is 2. The predicted octanol–water partition coefficient (Wildman–Crippen LogP) is 0.179. The number of carbonyl (C=O) groups excluding carboxylic acids is 2. The van der Waals surface area contributed by atoms with Gasteiger partial charge in [0.1, 0.15) is 0 Å². The lowest BCUT2D eigenvalue weighted by Gasteiger charge is -2.03. The summed E-state index contributed by atoms with van der Waals surface area (Å²) in [4.78, 5) is 25.8. The minimum absolute atomic E-state index is 0.265. The molecule has 0 atom stereocenters. The number of hydrogen-bond donors (Lipinski definition) is 1. The van der Waals surface area contributed by atoms with Gasteiger partial charge in [-0.3, -0.25) is 9.78 Å². The minimum atomic E-state index is -0.893. The maximum absolute atomic E-state index is 11.0. The van der Waals surface area contributed by atoms with Crippen LogP contribution in [0.3, 0.4) is 0 Å². The van der Waals surface area contributed by atoms with E-state index in [2.05, 4.69) is 15.0 Å². The van der Waals surface area contributed by atoms with Crippen molar-refractivity contribution < 1.29 is 14.3 Å². The molecule has 5 nitrogen and oxygen atoms in total. The average molecular weight is 208 g/mol. The monoisotopic (exact) mass is 208 g/mol. The van der Waals surface area contributed by atoms with Crippen LogP contribution in [-0.4, -0.2) is 24.0 Å². The third kappa shape index (κ3) is 3.38. The molecule has 80 valence electrons. The Labute approximate surface area is 87.5 Å². The van der Waals surface area contributed by atoms with Gasteiger partial charge in [0.05, 0.1) is 7.11 Å². The number of aromatic nitrogens is 1. The zero-order valence-electron chi connectivity index (χ0n) is 8.61. The highest BCUT2D eigenvalue weighted by molar-refractivity contribution is 6.32. The second-order valence-electron chi connectivity index (χ2n) is 2.98. The largest absolute Gasteiger partial charge is 0.462 e. The van der Waals surface area contributed by atoms with E-state index in [-0.39, 0.29) is 6.54 Å². The number of esters is 1. The predicted molar refractivity (Wildman–Crippen MR) is 52.8 cm³/mol. The zero-order chi connectivity index (χ0) is 11.3. The molecule has 0 saturated heterocycles. The van der Waals surface area contributed by atoms with Crippen molar-refractivity contribution >= 4 is 11.9 Å². The first-order valence-corrected chi connectivity index (χ1v) is 4.41. The number of ether oxygens (including phenoxy) is 1. The summed E-state index contributed by atoms with van der Waals surface area (Å²) < 4.78 is 4.25. The number of pyridine rings is 1. The molecule has 0 saturated carbocycles. The van der Waals surface area contributed by atoms with E-state index in [9.17, 15) is 9.59 Å². The van der Waals surface area contributed by atoms with Gasteiger partial charge >= 0.3 is 11.9 Å². The molecular formula is C10H12N2O3. The van der Waals surface area contributed by atoms with Crippen LogP contribution in [0.2, 0.25) is 0 Å². The number of carbonyl (C=O) groups is 2. The van der Waals surface area contributed by atoms with Gasteiger partial charge in [-0.25, -0.2) is 4.79 Å². The van der Waals surface area contributed by atoms with Crippen LogP contribution in [0, 0.1) is 6.92 Å². The molecule has 1 N–H and O–H groups in total. The Balaban J connectivity index is 2.47. The fourth-order valence-electron chi connectivity index (χ4n) is 0.950. The Kier molecular flexibility index (Phi) is 3.79. The summed E-state index contributed by atoms with van der Waals surface area (Å²) in [6.07, 6.45) is 1.65. The topological polar surface area (TPSA) is 68.3 Å². The van der Waals surface area contributed by atoms with Gasteiger partial charge in [-0.2, -0.15) is 0 Å². The molecule has 0 aromatic carbocycles. The Bertz CT molecular complexity index is 359. The molecule has 0 unspecified atom stereocenters. The quantitative estimate of drug-likeness (QED) is 0.556. The third-order valence-electron chi connectivity index (χ3n) is 1.80. The lowest BCUT2D eigenvalue weighted by molar-refractivity contribution is -0.152. The molecule has 1 aromatic heterocycles. The van der Waals surface area contributed by atoms with E-state index in [1.807, 2.05) is 19.1 Å². The van der Waals surface area contributed by atoms with Crippen molar-refractivity contribution in [3.63, 3.8) is 0 Å². The first-order valence-electron chi connectivity index (χ1n) is 4.41. The van der Waals surface area contributed by atoms with Crippen molar-refractivity contribution in [1.82, 2.24) is 10.3 Å². The number of hydrogen-bond acceptors (Lipinski definition) is 4. The Morgan fingerprint density at radius 3 is 2.73 bits per heavy atom. The van der Waals surface area contributed by atoms with Crippen LogP contribution in [-0.2, 0) is 20.9 Å². The van der Waals surface area contributed by atoms with E-state index >= 15 is 0 Å². The lowest BCUT2D eigenvalue weighted by atomic mass is 10.2. The average Bonchev–Trinajstić information content (AvgIpc) is 2.26. The van der Waals surface area contributed by atoms with Gasteiger partial charge in [0.2, 0.25) is 0 Å². The van der Waals surface area contributed by atoms with Crippen molar-refractivity contribution in [3.8, 4) is 0 Å². The molecule has 15 heavy (non-hydrogen) atoms. The summed E-state index contributed by atoms with van der Waals surface area (Å²) in [7, 11) is 1.16. The fraction of sp³-hybridized carbons (Fsp3) is 0.300. The molecule has 0 fully saturated rings. The van der Waals surface area contributed by atoms with E-state index in [0.29, 0.717) is 0 Å². The van der Waals surface area contributed by atoms with Crippen LogP contribution >= 0.6 is 0 Å². The van der Waals surface area contributed by atoms with Gasteiger partial charge < -0.3 is 10.1 Å². The first-order chi connectivity index (χ1) is 7.13. The van der Waals surface area contributed by atoms with Crippen LogP contribution in [0.15, 0.2) is 18.3 Å². The molecule has 0 spiro atoms. The molecule has 0 aliphatic rings. The molecule has 1 rings (SSSR count). The fourth-order valence-corrected chi connectivity index (χ4v) is 0.950. The summed E-state index contributed by atoms with van der Waals surface area (Å²) in [6, 6.07) is 3.67. The Morgan fingerprint density at radius 1 is 1.47 bits per heavy atom. The van der Waals surface area contributed by atoms with Crippen molar-refractivity contribution in [1.29, 1.82) is 0 Å². The molecule has 5 heteroatoms. The molecule has 0 aliphatic carbocycles. The summed E-state index contributed by atoms with van der Waals surface area (Å²) in [5.74, 6) is -1.65. The Hall–Kier alpha value is -1.91. The van der Waals surface area contributed by atoms with Crippen molar-refractivity contribution in [2.75, 3.05) is 7.11 Å². The number of nitrogens with zero attached hydrogens (tertiary/aromatic N) is 1. The van der Waals surface area contributed by atoms with E-state index in [1.165, 1.54) is 0 Å². The van der Waals surface area contributed by atoms with Crippen molar-refractivity contribution in [2.24, 2.45) is 0 Å². The smallest absolute Gasteiger partial charge is 0.396 e. The number of aryl methyl sites for hydroxylation is 1. The van der Waals surface area contributed by atoms with E-state index in [0.717, 1.165) is 18.4 Å². The highest BCUT2D eigenvalue weighted by Gasteiger charge is 2.12. The normalized spacial score (nSPS) is 9.47. The van der Waals surface area contributed by atoms with Crippen LogP contribution in [0.5, 0.6) is 0 Å². The molecule has 1 heterocycles. The maximum Gasteiger partial charge on any atom is 0.396 e. The summed E-state index contributed by atoms with van der Waals surface area (Å²) >= 11 is 0. The molecule has 1 aromatic rings. The third-order valence-corrected chi connectivity index (χ3v) is 1.80. The van der Waals surface area contributed by atoms with Crippen LogP contribution in [0.1, 0.15) is 11.3 Å². The highest BCUT2D eigenvalue weighted by Crippen LogP contribution is 1.98. The number of nitrogens with one attached hydrogen (secondary N) is 1. The molecule has 0 aliphatic heterocycles. The van der Waals surface area contributed by atoms with E-state index in [4.69, 9.17) is 0 Å². The molecular weight excluding hydrogens is 196 g/mol. The van der Waals surface area contributed by atoms with Crippen LogP contribution in [0.4, 0.5) is 0 Å². The van der Waals surface area contributed by atoms with E-state index < -0.39 is 11.9 Å². The first kappa shape index (κ1) is 11.2. The standard InChI is InChI=1S/C10H12N2O3/c1-7-3-4-8(5-11-7)6-12-9(13)10(14)15-2/h3-5H,6H2,1-2H3,(H,12,13).